The molecule has 1 saturated heterocycles. The van der Waals surface area contributed by atoms with Crippen LogP contribution in [0.5, 0.6) is 0 Å². The van der Waals surface area contributed by atoms with E-state index in [9.17, 15) is 0 Å². The largest absolute Gasteiger partial charge is 0.368 e. The molecule has 0 unspecified atom stereocenters. The summed E-state index contributed by atoms with van der Waals surface area (Å²) in [6.45, 7) is 8.16. The van der Waals surface area contributed by atoms with Crippen LogP contribution in [0.1, 0.15) is 57.6 Å². The van der Waals surface area contributed by atoms with Gasteiger partial charge in [-0.15, -0.1) is 0 Å². The number of nitrogens with two attached hydrogens (primary N) is 2. The summed E-state index contributed by atoms with van der Waals surface area (Å²) in [7, 11) is 2.01. The molecule has 2 aromatic rings. The second kappa shape index (κ2) is 13.7. The molecule has 0 spiro atoms. The van der Waals surface area contributed by atoms with Gasteiger partial charge in [-0.3, -0.25) is 0 Å². The lowest BCUT2D eigenvalue weighted by atomic mass is 10.2. The lowest BCUT2D eigenvalue weighted by molar-refractivity contribution is 0.616. The Labute approximate surface area is 187 Å². The molecule has 0 aromatic carbocycles. The molecule has 171 valence electrons. The van der Waals surface area contributed by atoms with Gasteiger partial charge in [0.15, 0.2) is 0 Å². The van der Waals surface area contributed by atoms with Crippen molar-refractivity contribution in [1.29, 1.82) is 0 Å². The van der Waals surface area contributed by atoms with Crippen molar-refractivity contribution in [3.05, 3.63) is 37.1 Å². The second-order valence-corrected chi connectivity index (χ2v) is 8.16. The van der Waals surface area contributed by atoms with Gasteiger partial charge in [0.05, 0.1) is 0 Å². The number of nitrogens with zero attached hydrogens (tertiary/aromatic N) is 5. The average molecular weight is 428 g/mol. The third-order valence-electron chi connectivity index (χ3n) is 5.55. The maximum absolute atomic E-state index is 5.80. The number of hydrogen-bond acceptors (Lipinski definition) is 8. The van der Waals surface area contributed by atoms with E-state index in [2.05, 4.69) is 50.1 Å². The number of nitrogens with one attached hydrogen (secondary N) is 1. The van der Waals surface area contributed by atoms with Crippen LogP contribution in [0.4, 0.5) is 17.7 Å². The molecule has 4 rings (SSSR count). The van der Waals surface area contributed by atoms with Crippen molar-refractivity contribution in [1.82, 2.24) is 25.3 Å². The molecule has 2 fully saturated rings. The zero-order valence-electron chi connectivity index (χ0n) is 19.1. The van der Waals surface area contributed by atoms with Crippen LogP contribution in [-0.2, 0) is 6.42 Å². The summed E-state index contributed by atoms with van der Waals surface area (Å²) in [5.41, 5.74) is 12.0. The van der Waals surface area contributed by atoms with E-state index in [1.807, 2.05) is 7.05 Å². The van der Waals surface area contributed by atoms with Crippen LogP contribution < -0.4 is 21.7 Å². The van der Waals surface area contributed by atoms with E-state index >= 15 is 0 Å². The van der Waals surface area contributed by atoms with Crippen molar-refractivity contribution in [2.24, 2.45) is 5.92 Å². The van der Waals surface area contributed by atoms with Crippen molar-refractivity contribution in [2.75, 3.05) is 36.5 Å². The molecule has 0 bridgehead atoms. The Morgan fingerprint density at radius 3 is 2.29 bits per heavy atom. The topological polar surface area (TPSA) is 119 Å². The lowest BCUT2D eigenvalue weighted by Gasteiger charge is -2.18. The normalized spacial score (nSPS) is 18.2. The highest BCUT2D eigenvalue weighted by Crippen LogP contribution is 2.22. The summed E-state index contributed by atoms with van der Waals surface area (Å²) in [6.07, 6.45) is 13.3. The predicted octanol–water partition coefficient (Wildman–Crippen LogP) is 3.27. The highest BCUT2D eigenvalue weighted by molar-refractivity contribution is 5.44. The Bertz CT molecular complexity index is 734. The van der Waals surface area contributed by atoms with Crippen molar-refractivity contribution in [3.8, 4) is 0 Å². The van der Waals surface area contributed by atoms with Crippen LogP contribution in [0.25, 0.3) is 0 Å². The number of likely N-dealkylation sites (N-methyl/N-ethyl adjacent to an activating group) is 1. The van der Waals surface area contributed by atoms with E-state index in [4.69, 9.17) is 11.5 Å². The van der Waals surface area contributed by atoms with Crippen LogP contribution in [0.15, 0.2) is 24.5 Å². The molecule has 1 atom stereocenters. The summed E-state index contributed by atoms with van der Waals surface area (Å²) >= 11 is 0. The summed E-state index contributed by atoms with van der Waals surface area (Å²) < 4.78 is 0. The molecule has 5 N–H and O–H groups in total. The molecule has 31 heavy (non-hydrogen) atoms. The Hall–Kier alpha value is -2.48. The SMILES string of the molecule is CCCCc1cc(N2CC[C@@H](NC)C2)nc(N)n1.Nc1ncccn1.[CH2]C1CCCC1. The van der Waals surface area contributed by atoms with Gasteiger partial charge in [0, 0.05) is 43.3 Å². The number of unbranched alkanes of at least 4 members (excludes halogenated alkanes) is 1. The molecular weight excluding hydrogens is 388 g/mol. The molecule has 3 heterocycles. The van der Waals surface area contributed by atoms with E-state index in [0.29, 0.717) is 17.9 Å². The van der Waals surface area contributed by atoms with Gasteiger partial charge in [-0.1, -0.05) is 46.0 Å². The van der Waals surface area contributed by atoms with E-state index in [1.165, 1.54) is 32.1 Å². The van der Waals surface area contributed by atoms with Gasteiger partial charge < -0.3 is 21.7 Å². The number of aromatic nitrogens is 4. The predicted molar refractivity (Wildman–Crippen MR) is 128 cm³/mol. The summed E-state index contributed by atoms with van der Waals surface area (Å²) in [5.74, 6) is 2.49. The van der Waals surface area contributed by atoms with Gasteiger partial charge in [-0.05, 0) is 38.3 Å². The summed E-state index contributed by atoms with van der Waals surface area (Å²) in [4.78, 5) is 18.2. The first kappa shape index (κ1) is 24.8. The molecule has 1 aliphatic heterocycles. The average Bonchev–Trinajstić information content (AvgIpc) is 3.45. The molecule has 1 radical (unpaired) electrons. The molecule has 8 nitrogen and oxygen atoms in total. The van der Waals surface area contributed by atoms with Gasteiger partial charge in [0.25, 0.3) is 0 Å². The number of hydrogen-bond donors (Lipinski definition) is 3. The molecule has 8 heteroatoms. The standard InChI is InChI=1S/C13H23N5.C6H11.C4H5N3/c1-3-4-5-10-8-12(17-13(14)16-10)18-7-6-11(9-18)15-2;1-6-4-2-3-5-6;5-4-6-2-1-3-7-4/h8,11,15H,3-7,9H2,1-2H3,(H2,14,16,17);6H,1-5H2;1-3H,(H2,5,6,7)/t11-;;/m1../s1. The molecule has 1 aliphatic carbocycles. The highest BCUT2D eigenvalue weighted by Gasteiger charge is 2.22. The third kappa shape index (κ3) is 9.46. The maximum Gasteiger partial charge on any atom is 0.222 e. The Balaban J connectivity index is 0.000000213. The second-order valence-electron chi connectivity index (χ2n) is 8.16. The molecule has 2 aliphatic rings. The highest BCUT2D eigenvalue weighted by atomic mass is 15.2. The first-order valence-electron chi connectivity index (χ1n) is 11.4. The Kier molecular flexibility index (Phi) is 11.0. The van der Waals surface area contributed by atoms with Gasteiger partial charge in [-0.2, -0.15) is 4.98 Å². The van der Waals surface area contributed by atoms with Crippen LogP contribution in [0.3, 0.4) is 0 Å². The zero-order chi connectivity index (χ0) is 22.5. The van der Waals surface area contributed by atoms with Crippen molar-refractivity contribution < 1.29 is 0 Å². The maximum atomic E-state index is 5.80. The minimum Gasteiger partial charge on any atom is -0.368 e. The zero-order valence-corrected chi connectivity index (χ0v) is 19.1. The molecule has 2 aromatic heterocycles. The quantitative estimate of drug-likeness (QED) is 0.665. The molecular formula is C23H39N8. The lowest BCUT2D eigenvalue weighted by Crippen LogP contribution is -2.30. The Morgan fingerprint density at radius 2 is 1.81 bits per heavy atom. The fraction of sp³-hybridized carbons (Fsp3) is 0.609. The first-order valence-corrected chi connectivity index (χ1v) is 11.4. The van der Waals surface area contributed by atoms with Gasteiger partial charge in [-0.25, -0.2) is 15.0 Å². The minimum absolute atomic E-state index is 0.322. The smallest absolute Gasteiger partial charge is 0.222 e. The van der Waals surface area contributed by atoms with Crippen LogP contribution in [0.2, 0.25) is 0 Å². The number of rotatable bonds is 5. The Morgan fingerprint density at radius 1 is 1.10 bits per heavy atom. The van der Waals surface area contributed by atoms with Crippen LogP contribution in [-0.4, -0.2) is 46.1 Å². The first-order chi connectivity index (χ1) is 15.0. The summed E-state index contributed by atoms with van der Waals surface area (Å²) in [5, 5.41) is 3.31. The fourth-order valence-electron chi connectivity index (χ4n) is 3.68. The van der Waals surface area contributed by atoms with Crippen molar-refractivity contribution >= 4 is 17.7 Å². The van der Waals surface area contributed by atoms with Gasteiger partial charge >= 0.3 is 0 Å². The third-order valence-corrected chi connectivity index (χ3v) is 5.55. The van der Waals surface area contributed by atoms with E-state index < -0.39 is 0 Å². The summed E-state index contributed by atoms with van der Waals surface area (Å²) in [6, 6.07) is 4.36. The monoisotopic (exact) mass is 427 g/mol. The number of nitrogen functional groups attached to an aromatic ring is 2. The van der Waals surface area contributed by atoms with E-state index in [0.717, 1.165) is 49.8 Å². The van der Waals surface area contributed by atoms with Gasteiger partial charge in [0.2, 0.25) is 11.9 Å². The van der Waals surface area contributed by atoms with Crippen LogP contribution >= 0.6 is 0 Å². The number of aryl methyl sites for hydroxylation is 1. The van der Waals surface area contributed by atoms with Crippen LogP contribution in [0, 0.1) is 12.8 Å². The van der Waals surface area contributed by atoms with Crippen molar-refractivity contribution in [2.45, 2.75) is 64.3 Å². The number of anilines is 3. The van der Waals surface area contributed by atoms with Gasteiger partial charge in [0.1, 0.15) is 5.82 Å². The minimum atomic E-state index is 0.322. The fourth-order valence-corrected chi connectivity index (χ4v) is 3.68. The van der Waals surface area contributed by atoms with Crippen molar-refractivity contribution in [3.63, 3.8) is 0 Å². The van der Waals surface area contributed by atoms with E-state index in [-0.39, 0.29) is 0 Å². The molecule has 1 saturated carbocycles. The molecule has 0 amide bonds. The van der Waals surface area contributed by atoms with E-state index in [1.54, 1.807) is 18.5 Å².